The fourth-order valence-corrected chi connectivity index (χ4v) is 5.86. The van der Waals surface area contributed by atoms with Crippen LogP contribution in [0.3, 0.4) is 0 Å². The number of fused-ring (bicyclic) bond motifs is 1. The summed E-state index contributed by atoms with van der Waals surface area (Å²) in [5.41, 5.74) is 0.865. The normalized spacial score (nSPS) is 27.2. The second kappa shape index (κ2) is 12.4. The quantitative estimate of drug-likeness (QED) is 0.268. The second-order valence-corrected chi connectivity index (χ2v) is 11.2. The molecule has 0 aliphatic heterocycles. The molecule has 0 aromatic rings. The van der Waals surface area contributed by atoms with Gasteiger partial charge in [0.15, 0.2) is 0 Å². The van der Waals surface area contributed by atoms with Gasteiger partial charge in [0, 0.05) is 24.4 Å². The summed E-state index contributed by atoms with van der Waals surface area (Å²) in [6, 6.07) is 0.511. The van der Waals surface area contributed by atoms with Crippen LogP contribution in [0, 0.1) is 17.8 Å². The Morgan fingerprint density at radius 1 is 1.22 bits per heavy atom. The first-order valence-corrected chi connectivity index (χ1v) is 13.1. The zero-order valence-electron chi connectivity index (χ0n) is 21.5. The highest BCUT2D eigenvalue weighted by Gasteiger charge is 2.43. The Balaban J connectivity index is 1.78. The average molecular weight is 448 g/mol. The van der Waals surface area contributed by atoms with E-state index in [9.17, 15) is 15.0 Å². The number of amides is 1. The second-order valence-electron chi connectivity index (χ2n) is 11.2. The van der Waals surface area contributed by atoms with E-state index in [-0.39, 0.29) is 30.0 Å². The van der Waals surface area contributed by atoms with Crippen molar-refractivity contribution in [2.24, 2.45) is 17.8 Å². The number of carbonyl (C=O) groups excluding carboxylic acids is 1. The SMILES string of the molecule is CCCC[C@](C)(O)C/C=C/[C@@H]1[C@H]2CC(CCCCC(=O)N(C(C)C)C(C)C)=C[C@H]2C[C@H]1O. The minimum atomic E-state index is -0.646. The van der Waals surface area contributed by atoms with Gasteiger partial charge in [0.1, 0.15) is 0 Å². The molecular formula is C28H49NO3. The largest absolute Gasteiger partial charge is 0.392 e. The number of aliphatic hydroxyl groups is 2. The van der Waals surface area contributed by atoms with Gasteiger partial charge in [-0.05, 0) is 91.4 Å². The molecule has 5 atom stereocenters. The highest BCUT2D eigenvalue weighted by atomic mass is 16.3. The topological polar surface area (TPSA) is 60.8 Å². The third kappa shape index (κ3) is 7.73. The van der Waals surface area contributed by atoms with Gasteiger partial charge in [-0.2, -0.15) is 0 Å². The molecule has 0 aromatic heterocycles. The predicted molar refractivity (Wildman–Crippen MR) is 133 cm³/mol. The number of rotatable bonds is 13. The molecule has 2 aliphatic carbocycles. The molecule has 0 unspecified atom stereocenters. The van der Waals surface area contributed by atoms with E-state index in [0.717, 1.165) is 51.4 Å². The molecule has 4 heteroatoms. The summed E-state index contributed by atoms with van der Waals surface area (Å²) in [6.07, 6.45) is 15.7. The first-order valence-electron chi connectivity index (χ1n) is 13.1. The van der Waals surface area contributed by atoms with E-state index in [1.165, 1.54) is 5.57 Å². The molecule has 0 bridgehead atoms. The lowest BCUT2D eigenvalue weighted by Crippen LogP contribution is -2.41. The molecule has 0 radical (unpaired) electrons. The number of allylic oxidation sites excluding steroid dienone is 2. The molecular weight excluding hydrogens is 398 g/mol. The summed E-state index contributed by atoms with van der Waals surface area (Å²) in [7, 11) is 0. The van der Waals surface area contributed by atoms with Crippen LogP contribution in [-0.4, -0.2) is 44.8 Å². The van der Waals surface area contributed by atoms with Gasteiger partial charge in [0.05, 0.1) is 11.7 Å². The van der Waals surface area contributed by atoms with Crippen molar-refractivity contribution in [1.29, 1.82) is 0 Å². The Hall–Kier alpha value is -1.13. The summed E-state index contributed by atoms with van der Waals surface area (Å²) < 4.78 is 0. The molecule has 32 heavy (non-hydrogen) atoms. The minimum Gasteiger partial charge on any atom is -0.392 e. The van der Waals surface area contributed by atoms with Gasteiger partial charge in [-0.1, -0.05) is 43.6 Å². The Morgan fingerprint density at radius 3 is 2.53 bits per heavy atom. The highest BCUT2D eigenvalue weighted by molar-refractivity contribution is 5.76. The van der Waals surface area contributed by atoms with E-state index >= 15 is 0 Å². The molecule has 0 heterocycles. The van der Waals surface area contributed by atoms with Crippen LogP contribution >= 0.6 is 0 Å². The van der Waals surface area contributed by atoms with Gasteiger partial charge in [-0.3, -0.25) is 4.79 Å². The van der Waals surface area contributed by atoms with Gasteiger partial charge in [0.2, 0.25) is 5.91 Å². The van der Waals surface area contributed by atoms with E-state index in [0.29, 0.717) is 24.7 Å². The third-order valence-corrected chi connectivity index (χ3v) is 7.47. The molecule has 0 saturated heterocycles. The minimum absolute atomic E-state index is 0.197. The lowest BCUT2D eigenvalue weighted by molar-refractivity contribution is -0.134. The van der Waals surface area contributed by atoms with Crippen LogP contribution in [0.15, 0.2) is 23.8 Å². The predicted octanol–water partition coefficient (Wildman–Crippen LogP) is 6.02. The van der Waals surface area contributed by atoms with Crippen molar-refractivity contribution in [3.63, 3.8) is 0 Å². The first kappa shape index (κ1) is 27.1. The number of nitrogens with zero attached hydrogens (tertiary/aromatic N) is 1. The highest BCUT2D eigenvalue weighted by Crippen LogP contribution is 2.48. The maximum Gasteiger partial charge on any atom is 0.223 e. The van der Waals surface area contributed by atoms with Crippen LogP contribution in [0.1, 0.15) is 106 Å². The molecule has 0 aromatic carbocycles. The van der Waals surface area contributed by atoms with Crippen LogP contribution in [-0.2, 0) is 4.79 Å². The number of aliphatic hydroxyl groups excluding tert-OH is 1. The van der Waals surface area contributed by atoms with Crippen molar-refractivity contribution >= 4 is 5.91 Å². The molecule has 0 spiro atoms. The summed E-state index contributed by atoms with van der Waals surface area (Å²) in [6.45, 7) is 12.4. The van der Waals surface area contributed by atoms with Crippen molar-refractivity contribution in [1.82, 2.24) is 4.90 Å². The first-order chi connectivity index (χ1) is 15.1. The molecule has 184 valence electrons. The molecule has 2 rings (SSSR count). The van der Waals surface area contributed by atoms with Crippen molar-refractivity contribution in [3.8, 4) is 0 Å². The number of hydrogen-bond donors (Lipinski definition) is 2. The molecule has 4 nitrogen and oxygen atoms in total. The summed E-state index contributed by atoms with van der Waals surface area (Å²) in [5, 5.41) is 21.1. The van der Waals surface area contributed by atoms with Gasteiger partial charge in [0.25, 0.3) is 0 Å². The number of carbonyl (C=O) groups is 1. The Morgan fingerprint density at radius 2 is 1.91 bits per heavy atom. The Bertz CT molecular complexity index is 641. The summed E-state index contributed by atoms with van der Waals surface area (Å²) in [4.78, 5) is 14.5. The van der Waals surface area contributed by atoms with Crippen molar-refractivity contribution < 1.29 is 15.0 Å². The molecule has 1 fully saturated rings. The van der Waals surface area contributed by atoms with E-state index in [4.69, 9.17) is 0 Å². The maximum atomic E-state index is 12.5. The number of hydrogen-bond acceptors (Lipinski definition) is 3. The lowest BCUT2D eigenvalue weighted by atomic mass is 9.87. The van der Waals surface area contributed by atoms with Crippen LogP contribution in [0.2, 0.25) is 0 Å². The van der Waals surface area contributed by atoms with Gasteiger partial charge in [-0.15, -0.1) is 0 Å². The van der Waals surface area contributed by atoms with Crippen LogP contribution in [0.5, 0.6) is 0 Å². The summed E-state index contributed by atoms with van der Waals surface area (Å²) in [5.74, 6) is 1.45. The third-order valence-electron chi connectivity index (χ3n) is 7.47. The monoisotopic (exact) mass is 447 g/mol. The Kier molecular flexibility index (Phi) is 10.5. The number of unbranched alkanes of at least 4 members (excludes halogenated alkanes) is 2. The van der Waals surface area contributed by atoms with E-state index < -0.39 is 5.60 Å². The summed E-state index contributed by atoms with van der Waals surface area (Å²) >= 11 is 0. The molecule has 2 aliphatic rings. The Labute approximate surface area is 197 Å². The van der Waals surface area contributed by atoms with Gasteiger partial charge in [-0.25, -0.2) is 0 Å². The van der Waals surface area contributed by atoms with Crippen LogP contribution in [0.25, 0.3) is 0 Å². The van der Waals surface area contributed by atoms with Crippen LogP contribution < -0.4 is 0 Å². The van der Waals surface area contributed by atoms with Crippen molar-refractivity contribution in [2.45, 2.75) is 130 Å². The molecule has 1 saturated carbocycles. The van der Waals surface area contributed by atoms with E-state index in [2.05, 4.69) is 52.8 Å². The van der Waals surface area contributed by atoms with Gasteiger partial charge >= 0.3 is 0 Å². The van der Waals surface area contributed by atoms with Gasteiger partial charge < -0.3 is 15.1 Å². The fourth-order valence-electron chi connectivity index (χ4n) is 5.86. The fraction of sp³-hybridized carbons (Fsp3) is 0.821. The zero-order chi connectivity index (χ0) is 23.9. The van der Waals surface area contributed by atoms with Crippen molar-refractivity contribution in [2.75, 3.05) is 0 Å². The molecule has 2 N–H and O–H groups in total. The molecule has 1 amide bonds. The van der Waals surface area contributed by atoms with E-state index in [1.807, 2.05) is 11.8 Å². The van der Waals surface area contributed by atoms with Crippen molar-refractivity contribution in [3.05, 3.63) is 23.8 Å². The van der Waals surface area contributed by atoms with Crippen LogP contribution in [0.4, 0.5) is 0 Å². The zero-order valence-corrected chi connectivity index (χ0v) is 21.5. The standard InChI is InChI=1S/C28H49NO3/c1-7-8-15-28(6,32)16-11-13-24-25-18-22(17-23(25)19-26(24)30)12-9-10-14-27(31)29(20(2)3)21(4)5/h11,13,17,20-21,23-26,30,32H,7-10,12,14-16,18-19H2,1-6H3/b13-11+/t23-,24+,25-,26+,28-/m0/s1. The smallest absolute Gasteiger partial charge is 0.223 e. The lowest BCUT2D eigenvalue weighted by Gasteiger charge is -2.30. The average Bonchev–Trinajstić information content (AvgIpc) is 3.20. The maximum absolute atomic E-state index is 12.5. The van der Waals surface area contributed by atoms with E-state index in [1.54, 1.807) is 0 Å².